The SMILES string of the molecule is C#Cc1ccc([C@H](COC)NC(=O)[C@@H]2C[C@@H](O)CN2C(=O)[C@@H](NC(=O)CCCCCS(=O)(=O)NC(=O)c2nc(N(C)c3cc(C)c(Nc4nc5ccccc5s4)nn3)ccc2-c2cnn(CC34CC5CC(CC(C5)C3)C4)c2C)C(C)(C)C)cc1. The number of likely N-dealkylation sites (tertiary alicyclic amines) is 1. The molecule has 4 atom stereocenters. The third kappa shape index (κ3) is 13.4. The molecule has 5 fully saturated rings. The van der Waals surface area contributed by atoms with E-state index in [1.165, 1.54) is 61.9 Å². The number of hydrogen-bond donors (Lipinski definition) is 5. The van der Waals surface area contributed by atoms with Crippen LogP contribution >= 0.6 is 11.3 Å². The fourth-order valence-corrected chi connectivity index (χ4v) is 15.3. The average Bonchev–Trinajstić information content (AvgIpc) is 4.05. The maximum Gasteiger partial charge on any atom is 0.284 e. The molecule has 11 rings (SSSR count). The number of methoxy groups -OCH3 is 1. The lowest BCUT2D eigenvalue weighted by molar-refractivity contribution is -0.144. The largest absolute Gasteiger partial charge is 0.391 e. The quantitative estimate of drug-likeness (QED) is 0.0317. The van der Waals surface area contributed by atoms with E-state index in [4.69, 9.17) is 21.2 Å². The van der Waals surface area contributed by atoms with Gasteiger partial charge in [-0.25, -0.2) is 23.1 Å². The number of β-amino-alcohol motifs (C(OH)–C–C–N with tert-alkyl or cyclic N) is 1. The number of benzene rings is 2. The van der Waals surface area contributed by atoms with Crippen molar-refractivity contribution in [3.8, 4) is 23.5 Å². The minimum Gasteiger partial charge on any atom is -0.391 e. The van der Waals surface area contributed by atoms with Crippen LogP contribution in [0.25, 0.3) is 21.3 Å². The Bertz CT molecular complexity index is 3520. The number of anilines is 4. The molecule has 4 aromatic heterocycles. The highest BCUT2D eigenvalue weighted by Crippen LogP contribution is 2.60. The number of ether oxygens (including phenoxy) is 1. The van der Waals surface area contributed by atoms with Crippen LogP contribution in [0.5, 0.6) is 0 Å². The number of hydrogen-bond acceptors (Lipinski definition) is 16. The third-order valence-corrected chi connectivity index (χ3v) is 19.6. The number of nitrogens with zero attached hydrogens (tertiary/aromatic N) is 8. The van der Waals surface area contributed by atoms with Gasteiger partial charge in [0.25, 0.3) is 5.91 Å². The maximum atomic E-state index is 14.5. The fraction of sp³-hybridized carbons (Fsp3) is 0.500. The first-order valence-corrected chi connectivity index (χ1v) is 31.5. The van der Waals surface area contributed by atoms with Crippen molar-refractivity contribution in [2.24, 2.45) is 28.6 Å². The number of aliphatic hydroxyl groups is 1. The van der Waals surface area contributed by atoms with Gasteiger partial charge in [0.1, 0.15) is 23.6 Å². The number of para-hydroxylation sites is 1. The Morgan fingerprint density at radius 2 is 1.62 bits per heavy atom. The van der Waals surface area contributed by atoms with Crippen LogP contribution in [0, 0.1) is 54.8 Å². The van der Waals surface area contributed by atoms with Gasteiger partial charge in [0, 0.05) is 62.5 Å². The minimum absolute atomic E-state index is 0.00612. The summed E-state index contributed by atoms with van der Waals surface area (Å²) in [5.41, 5.74) is 4.35. The fourth-order valence-electron chi connectivity index (χ4n) is 13.4. The second-order valence-electron chi connectivity index (χ2n) is 24.8. The van der Waals surface area contributed by atoms with Crippen molar-refractivity contribution in [2.75, 3.05) is 43.3 Å². The first-order chi connectivity index (χ1) is 40.1. The monoisotopic (exact) mass is 1180 g/mol. The molecule has 4 bridgehead atoms. The van der Waals surface area contributed by atoms with Crippen molar-refractivity contribution >= 4 is 77.8 Å². The van der Waals surface area contributed by atoms with Gasteiger partial charge in [-0.2, -0.15) is 5.10 Å². The zero-order valence-electron chi connectivity index (χ0n) is 48.9. The standard InChI is InChI=1S/C62H76N12O8S2/c1-9-39-18-20-43(21-19-39)48(35-82-8)64-57(77)49-29-44(75)34-73(49)59(79)55(61(4,5)6)67-53(76)17-11-10-14-24-84(80,81)71-58(78)54-45(46-33-63-74(38(46)3)36-62-30-40-26-41(31-62)28-42(27-40)32-62)22-23-51(66-54)72(7)52-25-37(2)56(70-69-52)68-60-65-47-15-12-13-16-50(47)83-60/h1,12-13,15-16,18-23,25,33,40-42,44,48-49,55,75H,10-11,14,17,24,26-32,34-36H2,2-8H3,(H,64,77)(H,67,76)(H,71,78)(H,65,68,70)/t40?,41?,42?,44-,48+,49+,55-,62?/m1/s1. The summed E-state index contributed by atoms with van der Waals surface area (Å²) >= 11 is 1.51. The van der Waals surface area contributed by atoms with Crippen LogP contribution in [0.4, 0.5) is 22.6 Å². The molecule has 5 heterocycles. The molecule has 84 heavy (non-hydrogen) atoms. The van der Waals surface area contributed by atoms with E-state index in [0.29, 0.717) is 45.7 Å². The number of carbonyl (C=O) groups is 4. The zero-order chi connectivity index (χ0) is 59.7. The Balaban J connectivity index is 0.789. The Morgan fingerprint density at radius 3 is 2.29 bits per heavy atom. The molecule has 20 nitrogen and oxygen atoms in total. The zero-order valence-corrected chi connectivity index (χ0v) is 50.5. The molecule has 22 heteroatoms. The highest BCUT2D eigenvalue weighted by Gasteiger charge is 2.51. The average molecular weight is 1180 g/mol. The van der Waals surface area contributed by atoms with Gasteiger partial charge in [-0.15, -0.1) is 16.6 Å². The second-order valence-corrected chi connectivity index (χ2v) is 27.7. The van der Waals surface area contributed by atoms with Crippen molar-refractivity contribution in [2.45, 2.75) is 136 Å². The van der Waals surface area contributed by atoms with Gasteiger partial charge in [-0.05, 0) is 147 Å². The van der Waals surface area contributed by atoms with Crippen molar-refractivity contribution < 1.29 is 37.4 Å². The van der Waals surface area contributed by atoms with E-state index in [1.807, 2.05) is 44.2 Å². The van der Waals surface area contributed by atoms with Crippen LogP contribution in [0.2, 0.25) is 0 Å². The van der Waals surface area contributed by atoms with Crippen LogP contribution in [-0.2, 0) is 35.7 Å². The van der Waals surface area contributed by atoms with E-state index in [9.17, 15) is 32.7 Å². The molecule has 4 saturated carbocycles. The number of aryl methyl sites for hydroxylation is 1. The van der Waals surface area contributed by atoms with Crippen molar-refractivity contribution in [3.63, 3.8) is 0 Å². The first kappa shape index (κ1) is 59.8. The lowest BCUT2D eigenvalue weighted by Gasteiger charge is -2.56. The van der Waals surface area contributed by atoms with Gasteiger partial charge in [-0.3, -0.25) is 23.9 Å². The van der Waals surface area contributed by atoms with Gasteiger partial charge in [0.2, 0.25) is 27.7 Å². The summed E-state index contributed by atoms with van der Waals surface area (Å²) < 4.78 is 38.4. The van der Waals surface area contributed by atoms with Crippen LogP contribution in [0.3, 0.4) is 0 Å². The van der Waals surface area contributed by atoms with Gasteiger partial charge in [0.05, 0.1) is 40.9 Å². The predicted octanol–water partition coefficient (Wildman–Crippen LogP) is 8.29. The van der Waals surface area contributed by atoms with E-state index < -0.39 is 69.0 Å². The van der Waals surface area contributed by atoms with E-state index in [2.05, 4.69) is 46.5 Å². The smallest absolute Gasteiger partial charge is 0.284 e. The van der Waals surface area contributed by atoms with E-state index in [-0.39, 0.29) is 49.9 Å². The number of carbonyl (C=O) groups excluding carboxylic acids is 4. The van der Waals surface area contributed by atoms with E-state index in [1.54, 1.807) is 75.3 Å². The molecular formula is C62H76N12O8S2. The van der Waals surface area contributed by atoms with Crippen molar-refractivity contribution in [3.05, 3.63) is 101 Å². The van der Waals surface area contributed by atoms with Gasteiger partial charge in [-0.1, -0.05) is 68.7 Å². The maximum absolute atomic E-state index is 14.5. The number of amides is 4. The number of rotatable bonds is 22. The molecular weight excluding hydrogens is 1100 g/mol. The highest BCUT2D eigenvalue weighted by atomic mass is 32.2. The summed E-state index contributed by atoms with van der Waals surface area (Å²) in [5, 5.41) is 34.4. The number of pyridine rings is 1. The summed E-state index contributed by atoms with van der Waals surface area (Å²) in [5.74, 6) is 3.42. The Hall–Kier alpha value is -7.32. The molecule has 1 aliphatic heterocycles. The van der Waals surface area contributed by atoms with Gasteiger partial charge >= 0.3 is 0 Å². The van der Waals surface area contributed by atoms with Crippen molar-refractivity contribution in [1.29, 1.82) is 0 Å². The number of terminal acetylenes is 1. The minimum atomic E-state index is -4.23. The number of thiazole rings is 1. The Kier molecular flexibility index (Phi) is 17.6. The summed E-state index contributed by atoms with van der Waals surface area (Å²) in [6, 6.07) is 17.7. The summed E-state index contributed by atoms with van der Waals surface area (Å²) in [4.78, 5) is 68.8. The number of nitrogens with one attached hydrogen (secondary N) is 4. The molecule has 444 valence electrons. The van der Waals surface area contributed by atoms with Gasteiger partial charge < -0.3 is 35.6 Å². The van der Waals surface area contributed by atoms with Crippen LogP contribution in [-0.4, -0.2) is 123 Å². The predicted molar refractivity (Wildman–Crippen MR) is 323 cm³/mol. The number of sulfonamides is 1. The first-order valence-electron chi connectivity index (χ1n) is 29.0. The number of aromatic nitrogens is 6. The molecule has 1 saturated heterocycles. The van der Waals surface area contributed by atoms with Gasteiger partial charge in [0.15, 0.2) is 16.8 Å². The molecule has 6 aromatic rings. The normalized spacial score (nSPS) is 21.7. The molecule has 0 radical (unpaired) electrons. The molecule has 4 amide bonds. The summed E-state index contributed by atoms with van der Waals surface area (Å²) in [6.45, 7) is 10.1. The van der Waals surface area contributed by atoms with Crippen LogP contribution < -0.4 is 25.6 Å². The number of fused-ring (bicyclic) bond motifs is 1. The summed E-state index contributed by atoms with van der Waals surface area (Å²) in [6.07, 6.45) is 14.6. The summed E-state index contributed by atoms with van der Waals surface area (Å²) in [7, 11) is -0.962. The third-order valence-electron chi connectivity index (χ3n) is 17.3. The molecule has 4 aliphatic carbocycles. The number of unbranched alkanes of at least 4 members (excludes halogenated alkanes) is 2. The molecule has 0 unspecified atom stereocenters. The van der Waals surface area contributed by atoms with E-state index >= 15 is 0 Å². The Labute approximate surface area is 495 Å². The second kappa shape index (κ2) is 24.7. The topological polar surface area (TPSA) is 256 Å². The van der Waals surface area contributed by atoms with Crippen molar-refractivity contribution in [1.82, 2.24) is 50.2 Å². The lowest BCUT2D eigenvalue weighted by Crippen LogP contribution is -2.58. The van der Waals surface area contributed by atoms with Crippen LogP contribution in [0.1, 0.15) is 130 Å². The molecule has 5 N–H and O–H groups in total. The van der Waals surface area contributed by atoms with E-state index in [0.717, 1.165) is 51.3 Å². The number of aliphatic hydroxyl groups excluding tert-OH is 1. The molecule has 5 aliphatic rings. The van der Waals surface area contributed by atoms with Crippen LogP contribution in [0.15, 0.2) is 72.9 Å². The lowest BCUT2D eigenvalue weighted by atomic mass is 9.49. The highest BCUT2D eigenvalue weighted by molar-refractivity contribution is 7.90. The molecule has 0 spiro atoms. The Morgan fingerprint density at radius 1 is 0.905 bits per heavy atom. The molecule has 2 aromatic carbocycles.